The molecule has 1 aliphatic carbocycles. The fraction of sp³-hybridized carbons (Fsp3) is 0.857. The highest BCUT2D eigenvalue weighted by Crippen LogP contribution is 2.27. The van der Waals surface area contributed by atoms with Gasteiger partial charge in [0, 0.05) is 12.1 Å². The summed E-state index contributed by atoms with van der Waals surface area (Å²) in [6.45, 7) is 2.89. The summed E-state index contributed by atoms with van der Waals surface area (Å²) in [5, 5.41) is 3.19. The van der Waals surface area contributed by atoms with Crippen LogP contribution in [-0.2, 0) is 14.3 Å². The van der Waals surface area contributed by atoms with Crippen LogP contribution in [0.25, 0.3) is 0 Å². The average Bonchev–Trinajstić information content (AvgIpc) is 2.86. The Morgan fingerprint density at radius 2 is 2.05 bits per heavy atom. The summed E-state index contributed by atoms with van der Waals surface area (Å²) < 4.78 is 4.68. The number of carbonyl (C=O) groups is 2. The topological polar surface area (TPSA) is 58.6 Å². The van der Waals surface area contributed by atoms with Crippen molar-refractivity contribution >= 4 is 11.9 Å². The van der Waals surface area contributed by atoms with Crippen molar-refractivity contribution in [2.45, 2.75) is 63.6 Å². The first kappa shape index (κ1) is 14.3. The summed E-state index contributed by atoms with van der Waals surface area (Å²) in [6, 6.07) is 0.200. The molecule has 0 aromatic rings. The van der Waals surface area contributed by atoms with Crippen molar-refractivity contribution in [2.75, 3.05) is 13.7 Å². The van der Waals surface area contributed by atoms with E-state index in [2.05, 4.69) is 17.0 Å². The Balaban J connectivity index is 2.09. The van der Waals surface area contributed by atoms with Crippen LogP contribution in [-0.4, -0.2) is 48.6 Å². The lowest BCUT2D eigenvalue weighted by Crippen LogP contribution is -2.50. The molecule has 0 spiro atoms. The molecule has 1 saturated carbocycles. The van der Waals surface area contributed by atoms with Crippen LogP contribution in [0.3, 0.4) is 0 Å². The summed E-state index contributed by atoms with van der Waals surface area (Å²) in [7, 11) is 1.36. The Kier molecular flexibility index (Phi) is 4.80. The Hall–Kier alpha value is -1.10. The van der Waals surface area contributed by atoms with Crippen LogP contribution in [0.4, 0.5) is 0 Å². The van der Waals surface area contributed by atoms with E-state index in [0.717, 1.165) is 25.8 Å². The highest BCUT2D eigenvalue weighted by Gasteiger charge is 2.37. The van der Waals surface area contributed by atoms with E-state index in [-0.39, 0.29) is 24.3 Å². The number of esters is 1. The number of nitrogens with zero attached hydrogens (tertiary/aromatic N) is 1. The van der Waals surface area contributed by atoms with Crippen LogP contribution >= 0.6 is 0 Å². The van der Waals surface area contributed by atoms with E-state index in [4.69, 9.17) is 0 Å². The number of rotatable bonds is 3. The minimum absolute atomic E-state index is 0.0716. The minimum Gasteiger partial charge on any atom is -0.469 e. The molecule has 0 radical (unpaired) electrons. The van der Waals surface area contributed by atoms with E-state index < -0.39 is 6.04 Å². The number of hydrogen-bond acceptors (Lipinski definition) is 4. The summed E-state index contributed by atoms with van der Waals surface area (Å²) in [5.41, 5.74) is 0. The van der Waals surface area contributed by atoms with Crippen LogP contribution in [0.2, 0.25) is 0 Å². The highest BCUT2D eigenvalue weighted by atomic mass is 16.5. The average molecular weight is 268 g/mol. The molecule has 108 valence electrons. The third kappa shape index (κ3) is 3.26. The van der Waals surface area contributed by atoms with E-state index in [1.54, 1.807) is 0 Å². The number of ether oxygens (including phenoxy) is 1. The van der Waals surface area contributed by atoms with Crippen LogP contribution in [0.15, 0.2) is 0 Å². The lowest BCUT2D eigenvalue weighted by molar-refractivity contribution is -0.146. The molecule has 0 bridgehead atoms. The van der Waals surface area contributed by atoms with Gasteiger partial charge in [-0.2, -0.15) is 0 Å². The number of methoxy groups -OCH3 is 1. The largest absolute Gasteiger partial charge is 0.469 e. The molecule has 2 unspecified atom stereocenters. The fourth-order valence-corrected chi connectivity index (χ4v) is 3.22. The highest BCUT2D eigenvalue weighted by molar-refractivity contribution is 5.87. The molecule has 1 aliphatic heterocycles. The van der Waals surface area contributed by atoms with Gasteiger partial charge in [0.15, 0.2) is 0 Å². The van der Waals surface area contributed by atoms with E-state index in [1.165, 1.54) is 20.0 Å². The van der Waals surface area contributed by atoms with Gasteiger partial charge in [0.25, 0.3) is 0 Å². The lowest BCUT2D eigenvalue weighted by Gasteiger charge is -2.34. The van der Waals surface area contributed by atoms with Gasteiger partial charge in [0.05, 0.1) is 19.6 Å². The first-order valence-corrected chi connectivity index (χ1v) is 7.26. The monoisotopic (exact) mass is 268 g/mol. The maximum Gasteiger partial charge on any atom is 0.307 e. The number of amides is 1. The van der Waals surface area contributed by atoms with Crippen molar-refractivity contribution in [3.05, 3.63) is 0 Å². The van der Waals surface area contributed by atoms with Crippen LogP contribution < -0.4 is 5.32 Å². The second kappa shape index (κ2) is 6.37. The first-order chi connectivity index (χ1) is 9.13. The minimum atomic E-state index is -0.419. The summed E-state index contributed by atoms with van der Waals surface area (Å²) in [4.78, 5) is 26.1. The predicted octanol–water partition coefficient (Wildman–Crippen LogP) is 1.07. The predicted molar refractivity (Wildman–Crippen MR) is 71.6 cm³/mol. The van der Waals surface area contributed by atoms with Gasteiger partial charge < -0.3 is 15.0 Å². The van der Waals surface area contributed by atoms with E-state index in [1.807, 2.05) is 4.90 Å². The second-order valence-electron chi connectivity index (χ2n) is 5.61. The van der Waals surface area contributed by atoms with Gasteiger partial charge in [-0.15, -0.1) is 0 Å². The molecule has 1 amide bonds. The first-order valence-electron chi connectivity index (χ1n) is 7.26. The molecule has 5 heteroatoms. The molecule has 1 N–H and O–H groups in total. The molecule has 2 aliphatic rings. The maximum absolute atomic E-state index is 12.7. The van der Waals surface area contributed by atoms with E-state index in [0.29, 0.717) is 6.04 Å². The van der Waals surface area contributed by atoms with Crippen molar-refractivity contribution in [1.29, 1.82) is 0 Å². The van der Waals surface area contributed by atoms with Gasteiger partial charge in [-0.3, -0.25) is 9.59 Å². The van der Waals surface area contributed by atoms with Crippen molar-refractivity contribution in [3.63, 3.8) is 0 Å². The molecule has 0 aromatic heterocycles. The SMILES string of the molecule is COC(=O)CC1NCCC(C)N(C2CCCC2)C1=O. The quantitative estimate of drug-likeness (QED) is 0.778. The molecule has 1 saturated heterocycles. The molecular formula is C14H24N2O3. The molecular weight excluding hydrogens is 244 g/mol. The Bertz CT molecular complexity index is 340. The van der Waals surface area contributed by atoms with Gasteiger partial charge in [0.2, 0.25) is 5.91 Å². The van der Waals surface area contributed by atoms with Crippen LogP contribution in [0.5, 0.6) is 0 Å². The van der Waals surface area contributed by atoms with Crippen molar-refractivity contribution in [1.82, 2.24) is 10.2 Å². The van der Waals surface area contributed by atoms with Gasteiger partial charge in [-0.25, -0.2) is 0 Å². The molecule has 5 nitrogen and oxygen atoms in total. The summed E-state index contributed by atoms with van der Waals surface area (Å²) in [6.07, 6.45) is 5.68. The molecule has 1 heterocycles. The van der Waals surface area contributed by atoms with Crippen LogP contribution in [0.1, 0.15) is 45.4 Å². The van der Waals surface area contributed by atoms with Crippen molar-refractivity contribution < 1.29 is 14.3 Å². The normalized spacial score (nSPS) is 29.4. The molecule has 19 heavy (non-hydrogen) atoms. The van der Waals surface area contributed by atoms with Crippen molar-refractivity contribution in [2.24, 2.45) is 0 Å². The third-order valence-corrected chi connectivity index (χ3v) is 4.30. The number of carbonyl (C=O) groups excluding carboxylic acids is 2. The van der Waals surface area contributed by atoms with E-state index in [9.17, 15) is 9.59 Å². The molecule has 0 aromatic carbocycles. The van der Waals surface area contributed by atoms with Gasteiger partial charge in [-0.05, 0) is 32.7 Å². The number of nitrogens with one attached hydrogen (secondary N) is 1. The fourth-order valence-electron chi connectivity index (χ4n) is 3.22. The van der Waals surface area contributed by atoms with Gasteiger partial charge in [-0.1, -0.05) is 12.8 Å². The zero-order chi connectivity index (χ0) is 13.8. The zero-order valence-corrected chi connectivity index (χ0v) is 11.9. The second-order valence-corrected chi connectivity index (χ2v) is 5.61. The molecule has 2 atom stereocenters. The maximum atomic E-state index is 12.7. The molecule has 2 fully saturated rings. The standard InChI is InChI=1S/C14H24N2O3/c1-10-7-8-15-12(9-13(17)19-2)14(18)16(10)11-5-3-4-6-11/h10-12,15H,3-9H2,1-2H3. The zero-order valence-electron chi connectivity index (χ0n) is 11.9. The lowest BCUT2D eigenvalue weighted by atomic mass is 10.1. The van der Waals surface area contributed by atoms with Crippen LogP contribution in [0, 0.1) is 0 Å². The van der Waals surface area contributed by atoms with Gasteiger partial charge in [0.1, 0.15) is 0 Å². The smallest absolute Gasteiger partial charge is 0.307 e. The summed E-state index contributed by atoms with van der Waals surface area (Å²) >= 11 is 0. The van der Waals surface area contributed by atoms with Crippen molar-refractivity contribution in [3.8, 4) is 0 Å². The van der Waals surface area contributed by atoms with E-state index >= 15 is 0 Å². The Morgan fingerprint density at radius 1 is 1.37 bits per heavy atom. The Labute approximate surface area is 114 Å². The number of hydrogen-bond donors (Lipinski definition) is 1. The summed E-state index contributed by atoms with van der Waals surface area (Å²) in [5.74, 6) is -0.255. The molecule has 2 rings (SSSR count). The Morgan fingerprint density at radius 3 is 2.68 bits per heavy atom. The van der Waals surface area contributed by atoms with Gasteiger partial charge >= 0.3 is 5.97 Å². The third-order valence-electron chi connectivity index (χ3n) is 4.30.